The van der Waals surface area contributed by atoms with Gasteiger partial charge in [-0.1, -0.05) is 0 Å². The van der Waals surface area contributed by atoms with Crippen molar-refractivity contribution in [1.29, 1.82) is 5.26 Å². The second-order valence-corrected chi connectivity index (χ2v) is 4.51. The quantitative estimate of drug-likeness (QED) is 0.693. The highest BCUT2D eigenvalue weighted by atomic mass is 15.1. The maximum absolute atomic E-state index is 8.86. The fourth-order valence-corrected chi connectivity index (χ4v) is 2.05. The van der Waals surface area contributed by atoms with Crippen molar-refractivity contribution in [3.63, 3.8) is 0 Å². The topological polar surface area (TPSA) is 82.3 Å². The minimum absolute atomic E-state index is 0.632. The summed E-state index contributed by atoms with van der Waals surface area (Å²) in [6.07, 6.45) is 6.52. The second-order valence-electron chi connectivity index (χ2n) is 4.51. The molecule has 2 N–H and O–H groups in total. The summed E-state index contributed by atoms with van der Waals surface area (Å²) in [4.78, 5) is 11.6. The van der Waals surface area contributed by atoms with Gasteiger partial charge in [0.25, 0.3) is 0 Å². The first-order valence-electron chi connectivity index (χ1n) is 6.44. The van der Waals surface area contributed by atoms with E-state index >= 15 is 0 Å². The number of aromatic nitrogens is 4. The summed E-state index contributed by atoms with van der Waals surface area (Å²) in [7, 11) is 0. The van der Waals surface area contributed by atoms with E-state index in [9.17, 15) is 0 Å². The smallest absolute Gasteiger partial charge is 0.201 e. The first-order valence-corrected chi connectivity index (χ1v) is 6.44. The molecular weight excluding hydrogens is 252 g/mol. The van der Waals surface area contributed by atoms with Crippen molar-refractivity contribution in [3.05, 3.63) is 42.5 Å². The van der Waals surface area contributed by atoms with Crippen molar-refractivity contribution >= 4 is 17.0 Å². The number of anilines is 1. The van der Waals surface area contributed by atoms with E-state index in [1.54, 1.807) is 18.3 Å². The molecule has 1 aromatic carbocycles. The van der Waals surface area contributed by atoms with Gasteiger partial charge in [-0.05, 0) is 24.6 Å². The third kappa shape index (κ3) is 2.62. The largest absolute Gasteiger partial charge is 0.356 e. The van der Waals surface area contributed by atoms with Crippen LogP contribution < -0.4 is 5.32 Å². The van der Waals surface area contributed by atoms with Crippen LogP contribution in [0.15, 0.2) is 36.9 Å². The Hall–Kier alpha value is -2.81. The van der Waals surface area contributed by atoms with Gasteiger partial charge in [0.2, 0.25) is 5.95 Å². The number of H-pyrrole nitrogens is 1. The Morgan fingerprint density at radius 3 is 3.15 bits per heavy atom. The van der Waals surface area contributed by atoms with Crippen LogP contribution in [0.5, 0.6) is 0 Å². The molecule has 0 saturated carbocycles. The van der Waals surface area contributed by atoms with Crippen LogP contribution in [0, 0.1) is 11.3 Å². The molecule has 0 radical (unpaired) electrons. The molecule has 20 heavy (non-hydrogen) atoms. The summed E-state index contributed by atoms with van der Waals surface area (Å²) >= 11 is 0. The molecule has 0 amide bonds. The number of aryl methyl sites for hydroxylation is 1. The zero-order chi connectivity index (χ0) is 13.8. The Morgan fingerprint density at radius 2 is 2.35 bits per heavy atom. The number of nitriles is 1. The molecule has 0 unspecified atom stereocenters. The van der Waals surface area contributed by atoms with Gasteiger partial charge in [-0.2, -0.15) is 5.26 Å². The Bertz CT molecular complexity index is 735. The number of aromatic amines is 1. The van der Waals surface area contributed by atoms with Gasteiger partial charge in [0.05, 0.1) is 29.0 Å². The highest BCUT2D eigenvalue weighted by molar-refractivity contribution is 5.78. The number of nitrogens with one attached hydrogen (secondary N) is 2. The molecule has 100 valence electrons. The molecule has 2 heterocycles. The van der Waals surface area contributed by atoms with Crippen LogP contribution in [0.2, 0.25) is 0 Å². The Balaban J connectivity index is 1.59. The molecule has 0 fully saturated rings. The number of benzene rings is 1. The normalized spacial score (nSPS) is 10.6. The fraction of sp³-hybridized carbons (Fsp3) is 0.214. The molecule has 6 heteroatoms. The van der Waals surface area contributed by atoms with Crippen LogP contribution >= 0.6 is 0 Å². The van der Waals surface area contributed by atoms with Gasteiger partial charge in [-0.15, -0.1) is 0 Å². The van der Waals surface area contributed by atoms with Gasteiger partial charge in [0, 0.05) is 25.5 Å². The van der Waals surface area contributed by atoms with E-state index in [4.69, 9.17) is 5.26 Å². The standard InChI is InChI=1S/C14H14N6/c15-9-11-2-3-12-13(8-11)19-14(18-12)17-4-1-6-20-7-5-16-10-20/h2-3,5,7-8,10H,1,4,6H2,(H2,17,18,19). The van der Waals surface area contributed by atoms with Crippen molar-refractivity contribution in [3.8, 4) is 6.07 Å². The van der Waals surface area contributed by atoms with Gasteiger partial charge < -0.3 is 14.9 Å². The highest BCUT2D eigenvalue weighted by Gasteiger charge is 2.03. The molecule has 0 spiro atoms. The summed E-state index contributed by atoms with van der Waals surface area (Å²) in [5.41, 5.74) is 2.37. The van der Waals surface area contributed by atoms with Gasteiger partial charge in [-0.3, -0.25) is 0 Å². The molecule has 0 saturated heterocycles. The third-order valence-corrected chi connectivity index (χ3v) is 3.06. The predicted octanol–water partition coefficient (Wildman–Crippen LogP) is 2.13. The lowest BCUT2D eigenvalue weighted by atomic mass is 10.2. The minimum atomic E-state index is 0.632. The van der Waals surface area contributed by atoms with Gasteiger partial charge in [-0.25, -0.2) is 9.97 Å². The minimum Gasteiger partial charge on any atom is -0.356 e. The number of hydrogen-bond acceptors (Lipinski definition) is 4. The maximum Gasteiger partial charge on any atom is 0.201 e. The maximum atomic E-state index is 8.86. The summed E-state index contributed by atoms with van der Waals surface area (Å²) in [5.74, 6) is 0.737. The molecule has 0 aliphatic heterocycles. The predicted molar refractivity (Wildman–Crippen MR) is 76.1 cm³/mol. The van der Waals surface area contributed by atoms with Crippen molar-refractivity contribution in [1.82, 2.24) is 19.5 Å². The van der Waals surface area contributed by atoms with Gasteiger partial charge >= 0.3 is 0 Å². The molecule has 0 atom stereocenters. The van der Waals surface area contributed by atoms with Crippen molar-refractivity contribution in [2.75, 3.05) is 11.9 Å². The lowest BCUT2D eigenvalue weighted by Crippen LogP contribution is -2.06. The zero-order valence-electron chi connectivity index (χ0n) is 10.9. The molecule has 3 aromatic rings. The van der Waals surface area contributed by atoms with E-state index in [0.29, 0.717) is 5.56 Å². The number of nitrogens with zero attached hydrogens (tertiary/aromatic N) is 4. The van der Waals surface area contributed by atoms with Gasteiger partial charge in [0.1, 0.15) is 0 Å². The molecular formula is C14H14N6. The first kappa shape index (κ1) is 12.2. The zero-order valence-corrected chi connectivity index (χ0v) is 10.9. The molecule has 3 rings (SSSR count). The summed E-state index contributed by atoms with van der Waals surface area (Å²) < 4.78 is 2.04. The average molecular weight is 266 g/mol. The van der Waals surface area contributed by atoms with Crippen molar-refractivity contribution in [2.24, 2.45) is 0 Å². The van der Waals surface area contributed by atoms with Crippen LogP contribution in [0.3, 0.4) is 0 Å². The number of rotatable bonds is 5. The molecule has 0 bridgehead atoms. The molecule has 2 aromatic heterocycles. The lowest BCUT2D eigenvalue weighted by Gasteiger charge is -2.03. The van der Waals surface area contributed by atoms with Crippen molar-refractivity contribution < 1.29 is 0 Å². The third-order valence-electron chi connectivity index (χ3n) is 3.06. The van der Waals surface area contributed by atoms with Crippen LogP contribution in [-0.2, 0) is 6.54 Å². The second kappa shape index (κ2) is 5.45. The monoisotopic (exact) mass is 266 g/mol. The van der Waals surface area contributed by atoms with E-state index in [0.717, 1.165) is 36.5 Å². The van der Waals surface area contributed by atoms with E-state index in [2.05, 4.69) is 26.3 Å². The molecule has 6 nitrogen and oxygen atoms in total. The van der Waals surface area contributed by atoms with E-state index in [-0.39, 0.29) is 0 Å². The number of imidazole rings is 2. The average Bonchev–Trinajstić information content (AvgIpc) is 3.11. The summed E-state index contributed by atoms with van der Waals surface area (Å²) in [6, 6.07) is 7.54. The lowest BCUT2D eigenvalue weighted by molar-refractivity contribution is 0.659. The van der Waals surface area contributed by atoms with E-state index < -0.39 is 0 Å². The number of hydrogen-bond donors (Lipinski definition) is 2. The van der Waals surface area contributed by atoms with Crippen LogP contribution in [0.25, 0.3) is 11.0 Å². The van der Waals surface area contributed by atoms with Crippen LogP contribution in [0.1, 0.15) is 12.0 Å². The van der Waals surface area contributed by atoms with E-state index in [1.165, 1.54) is 0 Å². The first-order chi connectivity index (χ1) is 9.85. The Labute approximate surface area is 116 Å². The van der Waals surface area contributed by atoms with Crippen LogP contribution in [-0.4, -0.2) is 26.1 Å². The molecule has 0 aliphatic carbocycles. The Kier molecular flexibility index (Phi) is 3.33. The molecule has 0 aliphatic rings. The van der Waals surface area contributed by atoms with Gasteiger partial charge in [0.15, 0.2) is 0 Å². The number of fused-ring (bicyclic) bond motifs is 1. The van der Waals surface area contributed by atoms with E-state index in [1.807, 2.05) is 23.2 Å². The van der Waals surface area contributed by atoms with Crippen molar-refractivity contribution in [2.45, 2.75) is 13.0 Å². The van der Waals surface area contributed by atoms with Crippen LogP contribution in [0.4, 0.5) is 5.95 Å². The Morgan fingerprint density at radius 1 is 1.40 bits per heavy atom. The highest BCUT2D eigenvalue weighted by Crippen LogP contribution is 2.15. The fourth-order valence-electron chi connectivity index (χ4n) is 2.05. The summed E-state index contributed by atoms with van der Waals surface area (Å²) in [6.45, 7) is 1.74. The summed E-state index contributed by atoms with van der Waals surface area (Å²) in [5, 5.41) is 12.1. The SMILES string of the molecule is N#Cc1ccc2nc(NCCCn3ccnc3)[nH]c2c1.